The van der Waals surface area contributed by atoms with Gasteiger partial charge in [-0.1, -0.05) is 23.7 Å². The van der Waals surface area contributed by atoms with Gasteiger partial charge in [-0.25, -0.2) is 0 Å². The summed E-state index contributed by atoms with van der Waals surface area (Å²) in [5, 5.41) is 3.25. The van der Waals surface area contributed by atoms with Crippen LogP contribution in [-0.2, 0) is 4.79 Å². The van der Waals surface area contributed by atoms with Crippen molar-refractivity contribution in [2.45, 2.75) is 18.4 Å². The zero-order valence-electron chi connectivity index (χ0n) is 7.59. The minimum Gasteiger partial charge on any atom is -0.323 e. The van der Waals surface area contributed by atoms with Gasteiger partial charge in [0.25, 0.3) is 0 Å². The van der Waals surface area contributed by atoms with Crippen LogP contribution in [0.4, 0.5) is 5.69 Å². The fourth-order valence-corrected chi connectivity index (χ4v) is 1.35. The lowest BCUT2D eigenvalue weighted by Gasteiger charge is -2.10. The van der Waals surface area contributed by atoms with E-state index in [0.29, 0.717) is 10.7 Å². The number of amides is 1. The van der Waals surface area contributed by atoms with Crippen LogP contribution in [-0.4, -0.2) is 11.4 Å². The predicted octanol–water partition coefficient (Wildman–Crippen LogP) is 1.77. The summed E-state index contributed by atoms with van der Waals surface area (Å²) in [5.41, 5.74) is 5.70. The number of nitrogens with two attached hydrogens (primary N) is 1. The van der Waals surface area contributed by atoms with Gasteiger partial charge in [-0.3, -0.25) is 4.79 Å². The molecule has 0 heterocycles. The first-order valence-electron chi connectivity index (χ1n) is 4.47. The van der Waals surface area contributed by atoms with Gasteiger partial charge < -0.3 is 11.1 Å². The lowest BCUT2D eigenvalue weighted by molar-refractivity contribution is -0.118. The molecule has 14 heavy (non-hydrogen) atoms. The molecule has 0 spiro atoms. The van der Waals surface area contributed by atoms with Gasteiger partial charge in [0.05, 0.1) is 16.2 Å². The Hall–Kier alpha value is -1.06. The third kappa shape index (κ3) is 1.74. The van der Waals surface area contributed by atoms with Crippen molar-refractivity contribution in [2.24, 2.45) is 5.73 Å². The van der Waals surface area contributed by atoms with Gasteiger partial charge in [0, 0.05) is 0 Å². The van der Waals surface area contributed by atoms with E-state index in [-0.39, 0.29) is 5.91 Å². The Morgan fingerprint density at radius 3 is 2.64 bits per heavy atom. The molecule has 0 atom stereocenters. The van der Waals surface area contributed by atoms with E-state index < -0.39 is 5.54 Å². The number of rotatable bonds is 2. The Balaban J connectivity index is 2.11. The highest BCUT2D eigenvalue weighted by Crippen LogP contribution is 2.34. The van der Waals surface area contributed by atoms with E-state index in [9.17, 15) is 4.79 Å². The highest BCUT2D eigenvalue weighted by atomic mass is 35.5. The molecule has 0 radical (unpaired) electrons. The van der Waals surface area contributed by atoms with Crippen LogP contribution in [0.2, 0.25) is 5.02 Å². The molecule has 1 aliphatic rings. The quantitative estimate of drug-likeness (QED) is 0.782. The molecule has 3 N–H and O–H groups in total. The normalized spacial score (nSPS) is 17.6. The number of nitrogens with one attached hydrogen (secondary N) is 1. The molecule has 1 aromatic carbocycles. The third-order valence-electron chi connectivity index (χ3n) is 2.36. The topological polar surface area (TPSA) is 55.1 Å². The fourth-order valence-electron chi connectivity index (χ4n) is 1.17. The SMILES string of the molecule is NC1(C(=O)Nc2ccccc2Cl)CC1. The summed E-state index contributed by atoms with van der Waals surface area (Å²) in [6.45, 7) is 0. The molecule has 1 aromatic rings. The molecule has 0 aromatic heterocycles. The maximum Gasteiger partial charge on any atom is 0.244 e. The Kier molecular flexibility index (Phi) is 2.21. The molecular formula is C10H11ClN2O. The minimum absolute atomic E-state index is 0.148. The number of carbonyl (C=O) groups excluding carboxylic acids is 1. The molecule has 0 saturated heterocycles. The third-order valence-corrected chi connectivity index (χ3v) is 2.69. The molecule has 0 bridgehead atoms. The van der Waals surface area contributed by atoms with Crippen LogP contribution in [0.25, 0.3) is 0 Å². The van der Waals surface area contributed by atoms with E-state index in [1.54, 1.807) is 12.1 Å². The number of anilines is 1. The molecule has 3 nitrogen and oxygen atoms in total. The monoisotopic (exact) mass is 210 g/mol. The van der Waals surface area contributed by atoms with Crippen molar-refractivity contribution in [3.63, 3.8) is 0 Å². The van der Waals surface area contributed by atoms with Crippen molar-refractivity contribution >= 4 is 23.2 Å². The molecule has 1 amide bonds. The van der Waals surface area contributed by atoms with E-state index in [2.05, 4.69) is 5.32 Å². The smallest absolute Gasteiger partial charge is 0.244 e. The Bertz CT molecular complexity index is 374. The second-order valence-corrected chi connectivity index (χ2v) is 4.00. The maximum absolute atomic E-state index is 11.6. The van der Waals surface area contributed by atoms with Crippen LogP contribution in [0.15, 0.2) is 24.3 Å². The van der Waals surface area contributed by atoms with E-state index in [1.165, 1.54) is 0 Å². The molecule has 1 saturated carbocycles. The Labute approximate surface area is 87.2 Å². The van der Waals surface area contributed by atoms with Crippen molar-refractivity contribution < 1.29 is 4.79 Å². The van der Waals surface area contributed by atoms with Crippen LogP contribution in [0.3, 0.4) is 0 Å². The zero-order valence-corrected chi connectivity index (χ0v) is 8.34. The summed E-state index contributed by atoms with van der Waals surface area (Å²) in [6, 6.07) is 7.12. The van der Waals surface area contributed by atoms with Gasteiger partial charge in [-0.05, 0) is 25.0 Å². The summed E-state index contributed by atoms with van der Waals surface area (Å²) < 4.78 is 0. The molecule has 4 heteroatoms. The second kappa shape index (κ2) is 3.26. The van der Waals surface area contributed by atoms with Gasteiger partial charge in [0.1, 0.15) is 0 Å². The fraction of sp³-hybridized carbons (Fsp3) is 0.300. The Morgan fingerprint density at radius 2 is 2.07 bits per heavy atom. The van der Waals surface area contributed by atoms with Crippen LogP contribution in [0, 0.1) is 0 Å². The van der Waals surface area contributed by atoms with Crippen molar-refractivity contribution in [2.75, 3.05) is 5.32 Å². The number of para-hydroxylation sites is 1. The summed E-state index contributed by atoms with van der Waals surface area (Å²) in [6.07, 6.45) is 1.51. The number of hydrogen-bond acceptors (Lipinski definition) is 2. The molecule has 0 unspecified atom stereocenters. The zero-order chi connectivity index (χ0) is 10.2. The number of halogens is 1. The Morgan fingerprint density at radius 1 is 1.43 bits per heavy atom. The molecule has 74 valence electrons. The van der Waals surface area contributed by atoms with E-state index in [4.69, 9.17) is 17.3 Å². The predicted molar refractivity (Wildman–Crippen MR) is 56.2 cm³/mol. The summed E-state index contributed by atoms with van der Waals surface area (Å²) in [4.78, 5) is 11.6. The number of carbonyl (C=O) groups is 1. The lowest BCUT2D eigenvalue weighted by atomic mass is 10.2. The number of hydrogen-bond donors (Lipinski definition) is 2. The lowest BCUT2D eigenvalue weighted by Crippen LogP contribution is -2.37. The first kappa shape index (κ1) is 9.49. The van der Waals surface area contributed by atoms with E-state index in [0.717, 1.165) is 12.8 Å². The highest BCUT2D eigenvalue weighted by Gasteiger charge is 2.46. The second-order valence-electron chi connectivity index (χ2n) is 3.59. The van der Waals surface area contributed by atoms with Crippen LogP contribution in [0.1, 0.15) is 12.8 Å². The van der Waals surface area contributed by atoms with Gasteiger partial charge >= 0.3 is 0 Å². The average Bonchev–Trinajstić information content (AvgIpc) is 2.89. The van der Waals surface area contributed by atoms with Gasteiger partial charge in [-0.2, -0.15) is 0 Å². The van der Waals surface area contributed by atoms with Gasteiger partial charge in [0.15, 0.2) is 0 Å². The molecule has 1 fully saturated rings. The summed E-state index contributed by atoms with van der Waals surface area (Å²) in [5.74, 6) is -0.148. The van der Waals surface area contributed by atoms with E-state index in [1.807, 2.05) is 12.1 Å². The average molecular weight is 211 g/mol. The standard InChI is InChI=1S/C10H11ClN2O/c11-7-3-1-2-4-8(7)13-9(14)10(12)5-6-10/h1-4H,5-6,12H2,(H,13,14). The van der Waals surface area contributed by atoms with E-state index >= 15 is 0 Å². The van der Waals surface area contributed by atoms with Crippen molar-refractivity contribution in [1.82, 2.24) is 0 Å². The largest absolute Gasteiger partial charge is 0.323 e. The van der Waals surface area contributed by atoms with Crippen LogP contribution in [0.5, 0.6) is 0 Å². The maximum atomic E-state index is 11.6. The molecule has 0 aliphatic heterocycles. The molecule has 1 aliphatic carbocycles. The first-order chi connectivity index (χ1) is 6.62. The summed E-state index contributed by atoms with van der Waals surface area (Å²) in [7, 11) is 0. The number of benzene rings is 1. The van der Waals surface area contributed by atoms with Crippen molar-refractivity contribution in [3.8, 4) is 0 Å². The summed E-state index contributed by atoms with van der Waals surface area (Å²) >= 11 is 5.88. The molecular weight excluding hydrogens is 200 g/mol. The van der Waals surface area contributed by atoms with Crippen molar-refractivity contribution in [3.05, 3.63) is 29.3 Å². The van der Waals surface area contributed by atoms with Crippen molar-refractivity contribution in [1.29, 1.82) is 0 Å². The van der Waals surface area contributed by atoms with Gasteiger partial charge in [0.2, 0.25) is 5.91 Å². The highest BCUT2D eigenvalue weighted by molar-refractivity contribution is 6.33. The van der Waals surface area contributed by atoms with Crippen LogP contribution < -0.4 is 11.1 Å². The van der Waals surface area contributed by atoms with Crippen LogP contribution >= 0.6 is 11.6 Å². The molecule has 2 rings (SSSR count). The van der Waals surface area contributed by atoms with Gasteiger partial charge in [-0.15, -0.1) is 0 Å². The first-order valence-corrected chi connectivity index (χ1v) is 4.84. The minimum atomic E-state index is -0.654.